The van der Waals surface area contributed by atoms with Gasteiger partial charge in [0.15, 0.2) is 0 Å². The largest absolute Gasteiger partial charge is 0.318 e. The van der Waals surface area contributed by atoms with Crippen LogP contribution in [0.15, 0.2) is 41.4 Å². The molecule has 0 amide bonds. The molecule has 0 aliphatic carbocycles. The maximum Gasteiger partial charge on any atom is 0.318 e. The van der Waals surface area contributed by atoms with Gasteiger partial charge in [0.1, 0.15) is 0 Å². The van der Waals surface area contributed by atoms with E-state index in [0.717, 1.165) is 11.8 Å². The van der Waals surface area contributed by atoms with E-state index in [1.54, 1.807) is 0 Å². The molecule has 0 unspecified atom stereocenters. The second-order valence-corrected chi connectivity index (χ2v) is 5.30. The van der Waals surface area contributed by atoms with Crippen molar-refractivity contribution in [1.29, 1.82) is 0 Å². The molecule has 0 saturated heterocycles. The number of thioether (sulfide) groups is 1. The summed E-state index contributed by atoms with van der Waals surface area (Å²) in [6.07, 6.45) is 0. The van der Waals surface area contributed by atoms with E-state index in [0.29, 0.717) is 12.3 Å². The van der Waals surface area contributed by atoms with E-state index in [1.807, 2.05) is 36.4 Å². The van der Waals surface area contributed by atoms with Crippen LogP contribution < -0.4 is 0 Å². The minimum atomic E-state index is -3.99. The molecular weight excluding hydrogens is 234 g/mol. The van der Waals surface area contributed by atoms with Crippen molar-refractivity contribution in [1.82, 2.24) is 0 Å². The summed E-state index contributed by atoms with van der Waals surface area (Å²) in [5.41, 5.74) is 0. The van der Waals surface area contributed by atoms with Crippen LogP contribution in [-0.2, 0) is 10.1 Å². The summed E-state index contributed by atoms with van der Waals surface area (Å²) in [6, 6.07) is 12.0. The van der Waals surface area contributed by atoms with Gasteiger partial charge in [-0.1, -0.05) is 48.2 Å². The summed E-state index contributed by atoms with van der Waals surface area (Å²) in [7, 11) is -3.99. The van der Waals surface area contributed by atoms with Crippen molar-refractivity contribution in [2.75, 3.05) is 12.3 Å². The zero-order chi connectivity index (χ0) is 11.1. The van der Waals surface area contributed by atoms with Crippen molar-refractivity contribution >= 4 is 26.3 Å². The number of nitrogens with zero attached hydrogens (tertiary/aromatic N) is 1. The van der Waals surface area contributed by atoms with Crippen LogP contribution >= 0.6 is 11.8 Å². The molecule has 0 fully saturated rings. The molecule has 4 nitrogen and oxygen atoms in total. The third kappa shape index (κ3) is 4.96. The minimum Gasteiger partial charge on any atom is -0.280 e. The van der Waals surface area contributed by atoms with Crippen molar-refractivity contribution < 1.29 is 13.0 Å². The van der Waals surface area contributed by atoms with Gasteiger partial charge in [-0.15, -0.1) is 0 Å². The van der Waals surface area contributed by atoms with E-state index < -0.39 is 10.1 Å². The molecule has 2 rings (SSSR count). The summed E-state index contributed by atoms with van der Waals surface area (Å²) in [5, 5.41) is 0. The maximum absolute atomic E-state index is 10.2. The fraction of sp³-hybridized carbons (Fsp3) is 0.222. The van der Waals surface area contributed by atoms with Crippen LogP contribution in [0.2, 0.25) is 0 Å². The van der Waals surface area contributed by atoms with Gasteiger partial charge >= 0.3 is 10.1 Å². The Hall–Kier alpha value is -0.850. The summed E-state index contributed by atoms with van der Waals surface area (Å²) >= 11 is 1.06. The standard InChI is InChI=1S/C6H6.C3H5NO3S2/c1-2-4-6-5-3-1;5-9(6,7)3-4-1-2-8-3/h1-6H;1-2H2,(H,5,6,7). The SMILES string of the molecule is O=S(=O)(O)C1=NCCS1.c1ccccc1. The molecule has 1 aliphatic rings. The quantitative estimate of drug-likeness (QED) is 0.706. The Balaban J connectivity index is 0.000000162. The summed E-state index contributed by atoms with van der Waals surface area (Å²) in [4.78, 5) is 3.55. The summed E-state index contributed by atoms with van der Waals surface area (Å²) in [5.74, 6) is 0.648. The average molecular weight is 245 g/mol. The molecule has 0 spiro atoms. The van der Waals surface area contributed by atoms with Crippen LogP contribution in [0, 0.1) is 0 Å². The third-order valence-electron chi connectivity index (χ3n) is 1.45. The lowest BCUT2D eigenvalue weighted by atomic mass is 10.4. The Morgan fingerprint density at radius 3 is 1.80 bits per heavy atom. The number of hydrogen-bond donors (Lipinski definition) is 1. The molecule has 0 aromatic heterocycles. The molecule has 0 bridgehead atoms. The first-order valence-corrected chi connectivity index (χ1v) is 6.68. The normalized spacial score (nSPS) is 15.1. The number of aliphatic imine (C=N–C) groups is 1. The predicted octanol–water partition coefficient (Wildman–Crippen LogP) is 1.66. The molecule has 1 heterocycles. The van der Waals surface area contributed by atoms with E-state index in [9.17, 15) is 8.42 Å². The van der Waals surface area contributed by atoms with E-state index in [4.69, 9.17) is 4.55 Å². The Bertz CT molecular complexity index is 388. The van der Waals surface area contributed by atoms with Gasteiger partial charge in [0, 0.05) is 5.75 Å². The van der Waals surface area contributed by atoms with Gasteiger partial charge in [-0.05, 0) is 0 Å². The second-order valence-electron chi connectivity index (χ2n) is 2.63. The van der Waals surface area contributed by atoms with Gasteiger partial charge in [0.2, 0.25) is 4.38 Å². The number of rotatable bonds is 0. The molecule has 0 atom stereocenters. The first-order chi connectivity index (χ1) is 7.11. The van der Waals surface area contributed by atoms with Crippen molar-refractivity contribution in [3.8, 4) is 0 Å². The van der Waals surface area contributed by atoms with Crippen molar-refractivity contribution in [2.24, 2.45) is 4.99 Å². The van der Waals surface area contributed by atoms with E-state index in [1.165, 1.54) is 0 Å². The molecular formula is C9H11NO3S2. The highest BCUT2D eigenvalue weighted by atomic mass is 32.3. The predicted molar refractivity (Wildman–Crippen MR) is 62.8 cm³/mol. The Morgan fingerprint density at radius 1 is 1.13 bits per heavy atom. The third-order valence-corrected chi connectivity index (χ3v) is 3.76. The van der Waals surface area contributed by atoms with E-state index >= 15 is 0 Å². The molecule has 0 saturated carbocycles. The molecule has 1 aliphatic heterocycles. The van der Waals surface area contributed by atoms with Gasteiger partial charge < -0.3 is 0 Å². The number of benzene rings is 1. The second kappa shape index (κ2) is 5.89. The highest BCUT2D eigenvalue weighted by molar-refractivity contribution is 8.33. The Labute approximate surface area is 93.2 Å². The lowest BCUT2D eigenvalue weighted by Crippen LogP contribution is -2.06. The van der Waals surface area contributed by atoms with Gasteiger partial charge in [-0.25, -0.2) is 0 Å². The van der Waals surface area contributed by atoms with E-state index in [2.05, 4.69) is 4.99 Å². The van der Waals surface area contributed by atoms with Crippen LogP contribution in [0.1, 0.15) is 0 Å². The van der Waals surface area contributed by atoms with Crippen LogP contribution in [0.3, 0.4) is 0 Å². The average Bonchev–Trinajstić information content (AvgIpc) is 2.73. The topological polar surface area (TPSA) is 66.7 Å². The Kier molecular flexibility index (Phi) is 4.80. The Morgan fingerprint density at radius 2 is 1.60 bits per heavy atom. The molecule has 0 radical (unpaired) electrons. The molecule has 6 heteroatoms. The smallest absolute Gasteiger partial charge is 0.280 e. The zero-order valence-corrected chi connectivity index (χ0v) is 9.54. The lowest BCUT2D eigenvalue weighted by molar-refractivity contribution is 0.499. The summed E-state index contributed by atoms with van der Waals surface area (Å²) in [6.45, 7) is 0.486. The van der Waals surface area contributed by atoms with Gasteiger partial charge in [-0.2, -0.15) is 8.42 Å². The van der Waals surface area contributed by atoms with Crippen LogP contribution in [0.4, 0.5) is 0 Å². The molecule has 1 aromatic carbocycles. The number of hydrogen-bond acceptors (Lipinski definition) is 4. The van der Waals surface area contributed by atoms with Crippen LogP contribution in [-0.4, -0.2) is 29.6 Å². The highest BCUT2D eigenvalue weighted by Gasteiger charge is 2.19. The molecule has 15 heavy (non-hydrogen) atoms. The van der Waals surface area contributed by atoms with Gasteiger partial charge in [0.05, 0.1) is 6.54 Å². The van der Waals surface area contributed by atoms with E-state index in [-0.39, 0.29) is 4.38 Å². The fourth-order valence-electron chi connectivity index (χ4n) is 0.856. The highest BCUT2D eigenvalue weighted by Crippen LogP contribution is 2.14. The first kappa shape index (κ1) is 12.2. The van der Waals surface area contributed by atoms with Gasteiger partial charge in [-0.3, -0.25) is 9.55 Å². The summed E-state index contributed by atoms with van der Waals surface area (Å²) < 4.78 is 28.7. The molecule has 1 aromatic rings. The molecule has 82 valence electrons. The van der Waals surface area contributed by atoms with Crippen molar-refractivity contribution in [3.63, 3.8) is 0 Å². The van der Waals surface area contributed by atoms with Crippen LogP contribution in [0.25, 0.3) is 0 Å². The fourth-order valence-corrected chi connectivity index (χ4v) is 2.50. The van der Waals surface area contributed by atoms with Crippen molar-refractivity contribution in [2.45, 2.75) is 0 Å². The lowest BCUT2D eigenvalue weighted by Gasteiger charge is -1.89. The van der Waals surface area contributed by atoms with Crippen molar-refractivity contribution in [3.05, 3.63) is 36.4 Å². The zero-order valence-electron chi connectivity index (χ0n) is 7.91. The maximum atomic E-state index is 10.2. The van der Waals surface area contributed by atoms with Crippen LogP contribution in [0.5, 0.6) is 0 Å². The minimum absolute atomic E-state index is 0.150. The van der Waals surface area contributed by atoms with Gasteiger partial charge in [0.25, 0.3) is 0 Å². The monoisotopic (exact) mass is 245 g/mol. The molecule has 1 N–H and O–H groups in total. The first-order valence-electron chi connectivity index (χ1n) is 4.25.